The number of hydrogen-bond donors (Lipinski definition) is 0. The molecule has 0 N–H and O–H groups in total. The van der Waals surface area contributed by atoms with Crippen LogP contribution in [0.4, 0.5) is 34.1 Å². The number of nitrogens with zero attached hydrogens (tertiary/aromatic N) is 2. The quantitative estimate of drug-likeness (QED) is 0.136. The van der Waals surface area contributed by atoms with Gasteiger partial charge in [0.05, 0.1) is 0 Å². The van der Waals surface area contributed by atoms with Gasteiger partial charge in [-0.25, -0.2) is 0 Å². The Morgan fingerprint density at radius 1 is 0.338 bits per heavy atom. The maximum absolute atomic E-state index is 7.02. The van der Waals surface area contributed by atoms with Crippen molar-refractivity contribution in [2.24, 2.45) is 0 Å². The molecule has 0 unspecified atom stereocenters. The standard InChI is InChI=1S/C67H48N2O2/c1-67(2)61-31-16-15-29-56(61)57-35-33-52(43-62(57)67)69(54-40-47(45-19-7-3-8-20-45)39-48(41-54)46-21-9-4-10-22-46)51-27-17-28-55(42-51)70-63-38-37-59-58-36-34-53(44-65(58)71-64-32-18-30-60(63)66(59)64)68(49-23-11-5-12-24-49)50-25-13-6-14-26-50/h3-44H,1-2H3. The van der Waals surface area contributed by atoms with Crippen molar-refractivity contribution in [1.82, 2.24) is 0 Å². The van der Waals surface area contributed by atoms with Crippen LogP contribution in [0, 0.1) is 0 Å². The Morgan fingerprint density at radius 3 is 1.56 bits per heavy atom. The topological polar surface area (TPSA) is 24.9 Å². The molecular formula is C67H48N2O2. The Kier molecular flexibility index (Phi) is 10.1. The Hall–Kier alpha value is -9.12. The smallest absolute Gasteiger partial charge is 0.137 e. The van der Waals surface area contributed by atoms with E-state index in [2.05, 4.69) is 260 Å². The monoisotopic (exact) mass is 912 g/mol. The third-order valence-corrected chi connectivity index (χ3v) is 14.2. The largest absolute Gasteiger partial charge is 0.457 e. The van der Waals surface area contributed by atoms with Gasteiger partial charge in [-0.2, -0.15) is 0 Å². The van der Waals surface area contributed by atoms with Crippen molar-refractivity contribution in [3.05, 3.63) is 266 Å². The molecule has 11 aromatic carbocycles. The zero-order chi connectivity index (χ0) is 47.5. The van der Waals surface area contributed by atoms with E-state index in [1.54, 1.807) is 0 Å². The van der Waals surface area contributed by atoms with Gasteiger partial charge in [-0.1, -0.05) is 159 Å². The minimum atomic E-state index is -0.175. The number of anilines is 6. The fourth-order valence-electron chi connectivity index (χ4n) is 10.8. The molecule has 71 heavy (non-hydrogen) atoms. The number of hydrogen-bond acceptors (Lipinski definition) is 4. The van der Waals surface area contributed by atoms with Crippen LogP contribution in [-0.2, 0) is 5.41 Å². The van der Waals surface area contributed by atoms with Gasteiger partial charge in [-0.05, 0) is 147 Å². The van der Waals surface area contributed by atoms with Crippen molar-refractivity contribution in [3.8, 4) is 67.5 Å². The van der Waals surface area contributed by atoms with Gasteiger partial charge in [0.2, 0.25) is 0 Å². The third kappa shape index (κ3) is 7.40. The molecule has 4 heteroatoms. The highest BCUT2D eigenvalue weighted by molar-refractivity contribution is 6.07. The van der Waals surface area contributed by atoms with Crippen LogP contribution in [0.1, 0.15) is 25.0 Å². The van der Waals surface area contributed by atoms with E-state index < -0.39 is 0 Å². The average Bonchev–Trinajstić information content (AvgIpc) is 3.65. The van der Waals surface area contributed by atoms with Crippen molar-refractivity contribution >= 4 is 44.9 Å². The Bertz CT molecular complexity index is 3700. The zero-order valence-electron chi connectivity index (χ0n) is 39.5. The maximum Gasteiger partial charge on any atom is 0.137 e. The number of para-hydroxylation sites is 2. The molecule has 2 aliphatic rings. The first kappa shape index (κ1) is 42.0. The highest BCUT2D eigenvalue weighted by Crippen LogP contribution is 2.53. The van der Waals surface area contributed by atoms with E-state index in [0.717, 1.165) is 101 Å². The number of ether oxygens (including phenoxy) is 2. The molecule has 1 aliphatic heterocycles. The molecule has 1 heterocycles. The lowest BCUT2D eigenvalue weighted by Gasteiger charge is -2.29. The molecular weight excluding hydrogens is 865 g/mol. The Labute approximate surface area is 414 Å². The van der Waals surface area contributed by atoms with Crippen LogP contribution in [0.25, 0.3) is 55.3 Å². The number of rotatable bonds is 10. The van der Waals surface area contributed by atoms with Crippen molar-refractivity contribution < 1.29 is 9.47 Å². The normalized spacial score (nSPS) is 12.6. The number of fused-ring (bicyclic) bond motifs is 5. The first-order valence-electron chi connectivity index (χ1n) is 24.3. The van der Waals surface area contributed by atoms with Gasteiger partial charge in [-0.3, -0.25) is 0 Å². The average molecular weight is 913 g/mol. The highest BCUT2D eigenvalue weighted by atomic mass is 16.5. The lowest BCUT2D eigenvalue weighted by atomic mass is 9.82. The van der Waals surface area contributed by atoms with Crippen molar-refractivity contribution in [1.29, 1.82) is 0 Å². The molecule has 0 radical (unpaired) electrons. The van der Waals surface area contributed by atoms with Crippen LogP contribution in [0.5, 0.6) is 23.0 Å². The summed E-state index contributed by atoms with van der Waals surface area (Å²) >= 11 is 0. The maximum atomic E-state index is 7.02. The summed E-state index contributed by atoms with van der Waals surface area (Å²) in [4.78, 5) is 4.65. The van der Waals surface area contributed by atoms with Crippen LogP contribution in [-0.4, -0.2) is 0 Å². The van der Waals surface area contributed by atoms with Crippen LogP contribution in [0.2, 0.25) is 0 Å². The second-order valence-electron chi connectivity index (χ2n) is 18.9. The predicted molar refractivity (Wildman–Crippen MR) is 294 cm³/mol. The van der Waals surface area contributed by atoms with Gasteiger partial charge < -0.3 is 19.3 Å². The molecule has 13 rings (SSSR count). The summed E-state index contributed by atoms with van der Waals surface area (Å²) < 4.78 is 13.8. The van der Waals surface area contributed by atoms with Crippen molar-refractivity contribution in [2.75, 3.05) is 9.80 Å². The van der Waals surface area contributed by atoms with Crippen LogP contribution in [0.3, 0.4) is 0 Å². The van der Waals surface area contributed by atoms with E-state index in [9.17, 15) is 0 Å². The molecule has 4 nitrogen and oxygen atoms in total. The first-order valence-corrected chi connectivity index (χ1v) is 24.3. The molecule has 0 aromatic heterocycles. The Balaban J connectivity index is 0.908. The first-order chi connectivity index (χ1) is 34.9. The summed E-state index contributed by atoms with van der Waals surface area (Å²) in [6, 6.07) is 90.6. The predicted octanol–water partition coefficient (Wildman–Crippen LogP) is 19.0. The van der Waals surface area contributed by atoms with Crippen molar-refractivity contribution in [2.45, 2.75) is 19.3 Å². The second-order valence-corrected chi connectivity index (χ2v) is 18.9. The second kappa shape index (κ2) is 17.1. The summed E-state index contributed by atoms with van der Waals surface area (Å²) in [7, 11) is 0. The summed E-state index contributed by atoms with van der Waals surface area (Å²) in [5.74, 6) is 3.10. The molecule has 338 valence electrons. The van der Waals surface area contributed by atoms with Gasteiger partial charge in [0.1, 0.15) is 23.0 Å². The van der Waals surface area contributed by atoms with Crippen LogP contribution < -0.4 is 19.3 Å². The van der Waals surface area contributed by atoms with E-state index in [1.165, 1.54) is 22.3 Å². The molecule has 0 fully saturated rings. The minimum Gasteiger partial charge on any atom is -0.457 e. The fraction of sp³-hybridized carbons (Fsp3) is 0.0448. The van der Waals surface area contributed by atoms with Crippen molar-refractivity contribution in [3.63, 3.8) is 0 Å². The molecule has 0 saturated heterocycles. The van der Waals surface area contributed by atoms with E-state index in [0.29, 0.717) is 0 Å². The number of benzene rings is 11. The lowest BCUT2D eigenvalue weighted by molar-refractivity contribution is 0.481. The molecule has 0 spiro atoms. The summed E-state index contributed by atoms with van der Waals surface area (Å²) in [5.41, 5.74) is 18.1. The fourth-order valence-corrected chi connectivity index (χ4v) is 10.8. The van der Waals surface area contributed by atoms with E-state index in [4.69, 9.17) is 9.47 Å². The van der Waals surface area contributed by atoms with Gasteiger partial charge >= 0.3 is 0 Å². The summed E-state index contributed by atoms with van der Waals surface area (Å²) in [6.07, 6.45) is 0. The van der Waals surface area contributed by atoms with Crippen LogP contribution >= 0.6 is 0 Å². The summed E-state index contributed by atoms with van der Waals surface area (Å²) in [6.45, 7) is 4.69. The van der Waals surface area contributed by atoms with E-state index in [-0.39, 0.29) is 5.41 Å². The lowest BCUT2D eigenvalue weighted by Crippen LogP contribution is -2.16. The van der Waals surface area contributed by atoms with Gasteiger partial charge in [0.15, 0.2) is 0 Å². The minimum absolute atomic E-state index is 0.175. The molecule has 0 atom stereocenters. The van der Waals surface area contributed by atoms with Gasteiger partial charge in [0.25, 0.3) is 0 Å². The molecule has 0 saturated carbocycles. The van der Waals surface area contributed by atoms with E-state index in [1.807, 2.05) is 18.2 Å². The molecule has 1 aliphatic carbocycles. The Morgan fingerprint density at radius 2 is 0.873 bits per heavy atom. The highest BCUT2D eigenvalue weighted by Gasteiger charge is 2.36. The zero-order valence-corrected chi connectivity index (χ0v) is 39.5. The molecule has 0 amide bonds. The third-order valence-electron chi connectivity index (χ3n) is 14.2. The SMILES string of the molecule is CC1(C)c2ccccc2-c2ccc(N(c3cccc(Oc4ccc5c6c(cccc46)Oc4cc(N(c6ccccc6)c6ccccc6)ccc4-5)c3)c3cc(-c4ccccc4)cc(-c4ccccc4)c3)cc21. The summed E-state index contributed by atoms with van der Waals surface area (Å²) in [5, 5.41) is 2.01. The van der Waals surface area contributed by atoms with Gasteiger partial charge in [-0.15, -0.1) is 0 Å². The van der Waals surface area contributed by atoms with E-state index >= 15 is 0 Å². The van der Waals surface area contributed by atoms with Crippen LogP contribution in [0.15, 0.2) is 255 Å². The molecule has 0 bridgehead atoms. The molecule has 11 aromatic rings. The van der Waals surface area contributed by atoms with Gasteiger partial charge in [0, 0.05) is 68.0 Å².